The second-order valence-corrected chi connectivity index (χ2v) is 6.84. The summed E-state index contributed by atoms with van der Waals surface area (Å²) in [6.45, 7) is 3.71. The number of quaternary nitrogens is 1. The van der Waals surface area contributed by atoms with E-state index in [1.807, 2.05) is 26.0 Å². The van der Waals surface area contributed by atoms with Crippen molar-refractivity contribution in [2.24, 2.45) is 0 Å². The van der Waals surface area contributed by atoms with Gasteiger partial charge in [-0.1, -0.05) is 13.3 Å². The van der Waals surface area contributed by atoms with Gasteiger partial charge < -0.3 is 9.47 Å². The second kappa shape index (κ2) is 10.1. The highest BCUT2D eigenvalue weighted by atomic mass is 19.4. The van der Waals surface area contributed by atoms with Crippen LogP contribution in [0.4, 0.5) is 13.2 Å². The Hall–Kier alpha value is -3.05. The minimum Gasteiger partial charge on any atom is -0.497 e. The highest BCUT2D eigenvalue weighted by molar-refractivity contribution is 5.71. The molecule has 0 heterocycles. The van der Waals surface area contributed by atoms with Crippen LogP contribution >= 0.6 is 0 Å². The molecule has 0 saturated carbocycles. The average molecular weight is 421 g/mol. The molecule has 0 bridgehead atoms. The van der Waals surface area contributed by atoms with Gasteiger partial charge in [0.15, 0.2) is 0 Å². The molecule has 2 aromatic carbocycles. The van der Waals surface area contributed by atoms with Gasteiger partial charge in [-0.25, -0.2) is 4.79 Å². The summed E-state index contributed by atoms with van der Waals surface area (Å²) in [6, 6.07) is 11.7. The first kappa shape index (κ1) is 23.2. The van der Waals surface area contributed by atoms with Gasteiger partial charge in [0.05, 0.1) is 24.3 Å². The number of ether oxygens (including phenoxy) is 2. The lowest BCUT2D eigenvalue weighted by atomic mass is 10.1. The molecule has 30 heavy (non-hydrogen) atoms. The first-order chi connectivity index (χ1) is 14.2. The Morgan fingerprint density at radius 3 is 2.33 bits per heavy atom. The molecule has 0 spiro atoms. The number of methoxy groups -OCH3 is 1. The molecule has 0 radical (unpaired) electrons. The van der Waals surface area contributed by atoms with Crippen molar-refractivity contribution >= 4 is 5.91 Å². The van der Waals surface area contributed by atoms with E-state index < -0.39 is 23.4 Å². The largest absolute Gasteiger partial charge is 0.497 e. The van der Waals surface area contributed by atoms with Gasteiger partial charge in [0, 0.05) is 5.56 Å². The van der Waals surface area contributed by atoms with E-state index in [9.17, 15) is 18.0 Å². The minimum absolute atomic E-state index is 0.0985. The van der Waals surface area contributed by atoms with Gasteiger partial charge >= 0.3 is 12.1 Å². The molecule has 0 aliphatic carbocycles. The van der Waals surface area contributed by atoms with Crippen LogP contribution in [0.2, 0.25) is 0 Å². The zero-order valence-corrected chi connectivity index (χ0v) is 17.0. The van der Waals surface area contributed by atoms with Crippen molar-refractivity contribution in [1.82, 2.24) is 0 Å². The summed E-state index contributed by atoms with van der Waals surface area (Å²) in [4.78, 5) is 12.8. The van der Waals surface area contributed by atoms with Crippen molar-refractivity contribution < 1.29 is 32.8 Å². The van der Waals surface area contributed by atoms with E-state index >= 15 is 0 Å². The lowest BCUT2D eigenvalue weighted by Crippen LogP contribution is -2.91. The van der Waals surface area contributed by atoms with Crippen LogP contribution in [0.5, 0.6) is 11.5 Å². The van der Waals surface area contributed by atoms with E-state index in [-0.39, 0.29) is 17.7 Å². The molecule has 0 fully saturated rings. The van der Waals surface area contributed by atoms with Gasteiger partial charge in [-0.15, -0.1) is 0 Å². The summed E-state index contributed by atoms with van der Waals surface area (Å²) in [5.74, 6) is 0.294. The van der Waals surface area contributed by atoms with Gasteiger partial charge in [-0.3, -0.25) is 5.32 Å². The quantitative estimate of drug-likeness (QED) is 0.700. The third kappa shape index (κ3) is 5.97. The maximum absolute atomic E-state index is 13.2. The van der Waals surface area contributed by atoms with E-state index in [1.54, 1.807) is 19.2 Å². The number of nitrogens with two attached hydrogens (primary N) is 1. The van der Waals surface area contributed by atoms with Crippen LogP contribution in [0.25, 0.3) is 0 Å². The number of carbonyl (C=O) groups excluding carboxylic acids is 1. The summed E-state index contributed by atoms with van der Waals surface area (Å²) in [7, 11) is 1.56. The van der Waals surface area contributed by atoms with Gasteiger partial charge in [-0.2, -0.15) is 18.4 Å². The zero-order valence-electron chi connectivity index (χ0n) is 17.0. The Balaban J connectivity index is 2.16. The van der Waals surface area contributed by atoms with Gasteiger partial charge in [0.25, 0.3) is 0 Å². The molecule has 2 rings (SSSR count). The zero-order chi connectivity index (χ0) is 22.3. The van der Waals surface area contributed by atoms with E-state index in [1.165, 1.54) is 17.5 Å². The molecule has 2 aromatic rings. The van der Waals surface area contributed by atoms with E-state index in [0.29, 0.717) is 18.6 Å². The molecule has 0 aromatic heterocycles. The summed E-state index contributed by atoms with van der Waals surface area (Å²) in [6.07, 6.45) is -4.64. The summed E-state index contributed by atoms with van der Waals surface area (Å²) in [5, 5.41) is 10.4. The van der Waals surface area contributed by atoms with E-state index in [2.05, 4.69) is 0 Å². The van der Waals surface area contributed by atoms with Crippen molar-refractivity contribution in [3.63, 3.8) is 0 Å². The molecular formula is C22H24F3N2O3+. The molecule has 160 valence electrons. The number of rotatable bonds is 8. The predicted molar refractivity (Wildman–Crippen MR) is 104 cm³/mol. The van der Waals surface area contributed by atoms with Crippen molar-refractivity contribution in [2.45, 2.75) is 45.0 Å². The number of halogens is 3. The SMILES string of the molecule is CCCC(Oc1ccc(C#N)c(C(F)(F)F)c1)C(=O)[NH2+]C(C)c1ccc(OC)cc1. The number of amides is 1. The molecule has 5 nitrogen and oxygen atoms in total. The van der Waals surface area contributed by atoms with Crippen LogP contribution in [0.3, 0.4) is 0 Å². The van der Waals surface area contributed by atoms with Crippen LogP contribution in [0, 0.1) is 11.3 Å². The van der Waals surface area contributed by atoms with E-state index in [0.717, 1.165) is 17.7 Å². The van der Waals surface area contributed by atoms with Crippen molar-refractivity contribution in [2.75, 3.05) is 7.11 Å². The topological polar surface area (TPSA) is 75.9 Å². The number of carbonyl (C=O) groups is 1. The Kier molecular flexibility index (Phi) is 7.84. The smallest absolute Gasteiger partial charge is 0.417 e. The molecule has 0 saturated heterocycles. The normalized spacial score (nSPS) is 13.2. The first-order valence-corrected chi connectivity index (χ1v) is 9.50. The lowest BCUT2D eigenvalue weighted by Gasteiger charge is -2.19. The van der Waals surface area contributed by atoms with Crippen LogP contribution < -0.4 is 14.8 Å². The Morgan fingerprint density at radius 1 is 1.17 bits per heavy atom. The minimum atomic E-state index is -4.69. The Bertz CT molecular complexity index is 905. The van der Waals surface area contributed by atoms with Crippen molar-refractivity contribution in [3.8, 4) is 17.6 Å². The molecule has 2 atom stereocenters. The molecule has 8 heteroatoms. The highest BCUT2D eigenvalue weighted by Gasteiger charge is 2.35. The number of nitrogens with zero attached hydrogens (tertiary/aromatic N) is 1. The lowest BCUT2D eigenvalue weighted by molar-refractivity contribution is -0.611. The Morgan fingerprint density at radius 2 is 1.80 bits per heavy atom. The maximum Gasteiger partial charge on any atom is 0.417 e. The van der Waals surface area contributed by atoms with Crippen LogP contribution in [0.15, 0.2) is 42.5 Å². The number of hydrogen-bond donors (Lipinski definition) is 1. The standard InChI is InChI=1S/C22H23F3N2O3/c1-4-5-20(21(28)27-14(2)15-6-9-17(29-3)10-7-15)30-18-11-8-16(13-26)19(12-18)22(23,24)25/h6-12,14,20H,4-5H2,1-3H3,(H,27,28)/p+1. The van der Waals surface area contributed by atoms with Crippen molar-refractivity contribution in [3.05, 3.63) is 59.2 Å². The fraction of sp³-hybridized carbons (Fsp3) is 0.364. The van der Waals surface area contributed by atoms with Crippen LogP contribution in [0.1, 0.15) is 49.4 Å². The van der Waals surface area contributed by atoms with Gasteiger partial charge in [0.2, 0.25) is 6.10 Å². The number of nitriles is 1. The van der Waals surface area contributed by atoms with E-state index in [4.69, 9.17) is 14.7 Å². The number of alkyl halides is 3. The van der Waals surface area contributed by atoms with Crippen LogP contribution in [-0.2, 0) is 11.0 Å². The molecule has 2 N–H and O–H groups in total. The number of hydrogen-bond acceptors (Lipinski definition) is 4. The second-order valence-electron chi connectivity index (χ2n) is 6.84. The highest BCUT2D eigenvalue weighted by Crippen LogP contribution is 2.34. The Labute approximate surface area is 173 Å². The molecule has 0 aliphatic rings. The van der Waals surface area contributed by atoms with Gasteiger partial charge in [-0.05, 0) is 55.8 Å². The summed E-state index contributed by atoms with van der Waals surface area (Å²) >= 11 is 0. The predicted octanol–water partition coefficient (Wildman–Crippen LogP) is 3.98. The van der Waals surface area contributed by atoms with Crippen molar-refractivity contribution in [1.29, 1.82) is 5.26 Å². The van der Waals surface area contributed by atoms with Gasteiger partial charge in [0.1, 0.15) is 17.5 Å². The maximum atomic E-state index is 13.2. The number of primary amides is 1. The molecule has 1 amide bonds. The van der Waals surface area contributed by atoms with Crippen LogP contribution in [-0.4, -0.2) is 19.1 Å². The molecule has 2 unspecified atom stereocenters. The molecular weight excluding hydrogens is 397 g/mol. The summed E-state index contributed by atoms with van der Waals surface area (Å²) < 4.78 is 50.3. The summed E-state index contributed by atoms with van der Waals surface area (Å²) in [5.41, 5.74) is -0.675. The third-order valence-corrected chi connectivity index (χ3v) is 4.62. The third-order valence-electron chi connectivity index (χ3n) is 4.62. The fourth-order valence-electron chi connectivity index (χ4n) is 2.97. The average Bonchev–Trinajstić information content (AvgIpc) is 2.72. The molecule has 0 aliphatic heterocycles. The first-order valence-electron chi connectivity index (χ1n) is 9.50. The fourth-order valence-corrected chi connectivity index (χ4v) is 2.97. The number of benzene rings is 2. The monoisotopic (exact) mass is 421 g/mol.